The molecule has 1 aromatic rings. The van der Waals surface area contributed by atoms with Crippen LogP contribution in [0.2, 0.25) is 0 Å². The topological polar surface area (TPSA) is 77.8 Å². The maximum absolute atomic E-state index is 6.31. The molecule has 4 heteroatoms. The quantitative estimate of drug-likeness (QED) is 0.713. The Labute approximate surface area is 90.1 Å². The van der Waals surface area contributed by atoms with Crippen LogP contribution in [-0.4, -0.2) is 16.0 Å². The van der Waals surface area contributed by atoms with Gasteiger partial charge in [-0.3, -0.25) is 0 Å². The molecule has 1 aliphatic rings. The second-order valence-electron chi connectivity index (χ2n) is 4.58. The Morgan fingerprint density at radius 1 is 1.27 bits per heavy atom. The van der Waals surface area contributed by atoms with Gasteiger partial charge in [-0.2, -0.15) is 0 Å². The van der Waals surface area contributed by atoms with Gasteiger partial charge in [-0.05, 0) is 38.2 Å². The number of aryl methyl sites for hydroxylation is 1. The third kappa shape index (κ3) is 2.16. The summed E-state index contributed by atoms with van der Waals surface area (Å²) in [6.07, 6.45) is 7.35. The lowest BCUT2D eigenvalue weighted by Gasteiger charge is -2.34. The molecule has 1 aliphatic carbocycles. The first-order valence-corrected chi connectivity index (χ1v) is 5.44. The van der Waals surface area contributed by atoms with Gasteiger partial charge in [0.2, 0.25) is 0 Å². The Morgan fingerprint density at radius 2 is 1.80 bits per heavy atom. The number of aromatic nitrogens is 2. The largest absolute Gasteiger partial charge is 0.328 e. The Bertz CT molecular complexity index is 325. The smallest absolute Gasteiger partial charge is 0.148 e. The van der Waals surface area contributed by atoms with Crippen LogP contribution in [0.1, 0.15) is 37.1 Å². The van der Waals surface area contributed by atoms with Crippen LogP contribution in [0.25, 0.3) is 0 Å². The lowest BCUT2D eigenvalue weighted by atomic mass is 9.80. The number of rotatable bonds is 1. The van der Waals surface area contributed by atoms with Crippen molar-refractivity contribution >= 4 is 0 Å². The van der Waals surface area contributed by atoms with Gasteiger partial charge in [0, 0.05) is 18.4 Å². The van der Waals surface area contributed by atoms with Gasteiger partial charge in [-0.1, -0.05) is 0 Å². The molecule has 4 N–H and O–H groups in total. The molecule has 0 unspecified atom stereocenters. The molecule has 0 radical (unpaired) electrons. The van der Waals surface area contributed by atoms with E-state index in [-0.39, 0.29) is 5.54 Å². The maximum Gasteiger partial charge on any atom is 0.148 e. The zero-order valence-electron chi connectivity index (χ0n) is 9.11. The summed E-state index contributed by atoms with van der Waals surface area (Å²) in [4.78, 5) is 8.64. The first-order valence-electron chi connectivity index (χ1n) is 5.44. The first-order chi connectivity index (χ1) is 7.10. The molecule has 0 bridgehead atoms. The van der Waals surface area contributed by atoms with E-state index in [1.165, 1.54) is 0 Å². The summed E-state index contributed by atoms with van der Waals surface area (Å²) < 4.78 is 0. The molecule has 0 aromatic carbocycles. The van der Waals surface area contributed by atoms with Crippen LogP contribution in [0.3, 0.4) is 0 Å². The van der Waals surface area contributed by atoms with Crippen LogP contribution in [-0.2, 0) is 5.54 Å². The highest BCUT2D eigenvalue weighted by Crippen LogP contribution is 2.32. The molecule has 4 nitrogen and oxygen atoms in total. The summed E-state index contributed by atoms with van der Waals surface area (Å²) >= 11 is 0. The van der Waals surface area contributed by atoms with Crippen LogP contribution in [0.5, 0.6) is 0 Å². The van der Waals surface area contributed by atoms with Crippen LogP contribution < -0.4 is 11.5 Å². The fourth-order valence-corrected chi connectivity index (χ4v) is 2.03. The van der Waals surface area contributed by atoms with Gasteiger partial charge in [0.05, 0.1) is 5.54 Å². The SMILES string of the molecule is Cc1cnc(C2(N)CCC(N)CC2)nc1. The Hall–Kier alpha value is -1.00. The average molecular weight is 206 g/mol. The molecule has 0 spiro atoms. The maximum atomic E-state index is 6.31. The van der Waals surface area contributed by atoms with Crippen molar-refractivity contribution in [2.45, 2.75) is 44.2 Å². The van der Waals surface area contributed by atoms with Gasteiger partial charge in [-0.25, -0.2) is 9.97 Å². The predicted molar refractivity (Wildman–Crippen MR) is 59.1 cm³/mol. The monoisotopic (exact) mass is 206 g/mol. The van der Waals surface area contributed by atoms with Gasteiger partial charge in [-0.15, -0.1) is 0 Å². The van der Waals surface area contributed by atoms with E-state index in [1.807, 2.05) is 19.3 Å². The van der Waals surface area contributed by atoms with Crippen molar-refractivity contribution in [2.24, 2.45) is 11.5 Å². The Balaban J connectivity index is 2.18. The van der Waals surface area contributed by atoms with Crippen molar-refractivity contribution in [3.05, 3.63) is 23.8 Å². The molecule has 2 rings (SSSR count). The van der Waals surface area contributed by atoms with Crippen LogP contribution in [0, 0.1) is 6.92 Å². The lowest BCUT2D eigenvalue weighted by Crippen LogP contribution is -2.44. The molecule has 0 amide bonds. The van der Waals surface area contributed by atoms with E-state index < -0.39 is 0 Å². The molecular weight excluding hydrogens is 188 g/mol. The van der Waals surface area contributed by atoms with E-state index in [2.05, 4.69) is 9.97 Å². The number of hydrogen-bond donors (Lipinski definition) is 2. The van der Waals surface area contributed by atoms with E-state index in [1.54, 1.807) is 0 Å². The summed E-state index contributed by atoms with van der Waals surface area (Å²) in [7, 11) is 0. The van der Waals surface area contributed by atoms with Crippen LogP contribution in [0.15, 0.2) is 12.4 Å². The van der Waals surface area contributed by atoms with Crippen molar-refractivity contribution in [3.8, 4) is 0 Å². The van der Waals surface area contributed by atoms with Crippen molar-refractivity contribution in [1.82, 2.24) is 9.97 Å². The Morgan fingerprint density at radius 3 is 2.33 bits per heavy atom. The van der Waals surface area contributed by atoms with E-state index in [9.17, 15) is 0 Å². The van der Waals surface area contributed by atoms with E-state index in [0.717, 1.165) is 37.1 Å². The standard InChI is InChI=1S/C11H18N4/c1-8-6-14-10(15-7-8)11(13)4-2-9(12)3-5-11/h6-7,9H,2-5,12-13H2,1H3. The fourth-order valence-electron chi connectivity index (χ4n) is 2.03. The fraction of sp³-hybridized carbons (Fsp3) is 0.636. The number of nitrogens with two attached hydrogens (primary N) is 2. The van der Waals surface area contributed by atoms with Gasteiger partial charge >= 0.3 is 0 Å². The zero-order valence-corrected chi connectivity index (χ0v) is 9.11. The van der Waals surface area contributed by atoms with Crippen molar-refractivity contribution in [2.75, 3.05) is 0 Å². The minimum absolute atomic E-state index is 0.298. The van der Waals surface area contributed by atoms with E-state index >= 15 is 0 Å². The molecule has 0 saturated heterocycles. The molecule has 0 atom stereocenters. The van der Waals surface area contributed by atoms with Crippen LogP contribution >= 0.6 is 0 Å². The molecule has 0 aliphatic heterocycles. The second kappa shape index (κ2) is 3.87. The van der Waals surface area contributed by atoms with Crippen molar-refractivity contribution < 1.29 is 0 Å². The summed E-state index contributed by atoms with van der Waals surface area (Å²) in [5.41, 5.74) is 12.9. The van der Waals surface area contributed by atoms with Crippen molar-refractivity contribution in [1.29, 1.82) is 0 Å². The summed E-state index contributed by atoms with van der Waals surface area (Å²) in [6, 6.07) is 0.298. The van der Waals surface area contributed by atoms with Crippen LogP contribution in [0.4, 0.5) is 0 Å². The normalized spacial score (nSPS) is 31.5. The Kier molecular flexibility index (Phi) is 2.71. The summed E-state index contributed by atoms with van der Waals surface area (Å²) in [6.45, 7) is 1.98. The molecule has 1 heterocycles. The van der Waals surface area contributed by atoms with Gasteiger partial charge in [0.25, 0.3) is 0 Å². The minimum Gasteiger partial charge on any atom is -0.328 e. The minimum atomic E-state index is -0.358. The highest BCUT2D eigenvalue weighted by Gasteiger charge is 2.34. The molecule has 1 aromatic heterocycles. The summed E-state index contributed by atoms with van der Waals surface area (Å²) in [5, 5.41) is 0. The number of hydrogen-bond acceptors (Lipinski definition) is 4. The first kappa shape index (κ1) is 10.5. The second-order valence-corrected chi connectivity index (χ2v) is 4.58. The molecule has 15 heavy (non-hydrogen) atoms. The van der Waals surface area contributed by atoms with Gasteiger partial charge in [0.15, 0.2) is 0 Å². The third-order valence-electron chi connectivity index (χ3n) is 3.15. The highest BCUT2D eigenvalue weighted by atomic mass is 15.0. The third-order valence-corrected chi connectivity index (χ3v) is 3.15. The average Bonchev–Trinajstić information content (AvgIpc) is 2.24. The number of nitrogens with zero attached hydrogens (tertiary/aromatic N) is 2. The van der Waals surface area contributed by atoms with Crippen molar-refractivity contribution in [3.63, 3.8) is 0 Å². The predicted octanol–water partition coefficient (Wildman–Crippen LogP) is 0.840. The zero-order chi connectivity index (χ0) is 10.9. The molecule has 1 saturated carbocycles. The van der Waals surface area contributed by atoms with Gasteiger partial charge < -0.3 is 11.5 Å². The lowest BCUT2D eigenvalue weighted by molar-refractivity contribution is 0.264. The molecular formula is C11H18N4. The molecule has 82 valence electrons. The van der Waals surface area contributed by atoms with E-state index in [0.29, 0.717) is 6.04 Å². The van der Waals surface area contributed by atoms with E-state index in [4.69, 9.17) is 11.5 Å². The highest BCUT2D eigenvalue weighted by molar-refractivity contribution is 5.10. The van der Waals surface area contributed by atoms with Gasteiger partial charge in [0.1, 0.15) is 5.82 Å². The summed E-state index contributed by atoms with van der Waals surface area (Å²) in [5.74, 6) is 0.764. The molecule has 1 fully saturated rings.